The van der Waals surface area contributed by atoms with Gasteiger partial charge in [-0.05, 0) is 19.9 Å². The molecule has 3 aliphatic rings. The smallest absolute Gasteiger partial charge is 0.0569 e. The summed E-state index contributed by atoms with van der Waals surface area (Å²) in [6, 6.07) is 0.536. The van der Waals surface area contributed by atoms with Crippen LogP contribution in [0.5, 0.6) is 0 Å². The molecule has 0 bridgehead atoms. The van der Waals surface area contributed by atoms with Gasteiger partial charge >= 0.3 is 0 Å². The number of hydrogen-bond donors (Lipinski definition) is 1. The Morgan fingerprint density at radius 1 is 1.13 bits per heavy atom. The van der Waals surface area contributed by atoms with E-state index in [-0.39, 0.29) is 0 Å². The van der Waals surface area contributed by atoms with E-state index in [0.717, 1.165) is 13.2 Å². The SMILES string of the molecule is CN1CC2(COC2)C1.NC1CCCCC1. The maximum atomic E-state index is 5.63. The van der Waals surface area contributed by atoms with Gasteiger partial charge in [0.2, 0.25) is 0 Å². The average molecular weight is 212 g/mol. The van der Waals surface area contributed by atoms with Crippen molar-refractivity contribution in [1.82, 2.24) is 4.90 Å². The largest absolute Gasteiger partial charge is 0.380 e. The van der Waals surface area contributed by atoms with Crippen LogP contribution in [0.2, 0.25) is 0 Å². The minimum atomic E-state index is 0.536. The molecule has 0 aromatic carbocycles. The van der Waals surface area contributed by atoms with Crippen LogP contribution in [0.25, 0.3) is 0 Å². The zero-order valence-corrected chi connectivity index (χ0v) is 9.87. The third kappa shape index (κ3) is 2.92. The van der Waals surface area contributed by atoms with Gasteiger partial charge in [0, 0.05) is 24.5 Å². The topological polar surface area (TPSA) is 38.5 Å². The van der Waals surface area contributed by atoms with Crippen molar-refractivity contribution >= 4 is 0 Å². The van der Waals surface area contributed by atoms with Crippen molar-refractivity contribution in [3.8, 4) is 0 Å². The van der Waals surface area contributed by atoms with Gasteiger partial charge in [-0.25, -0.2) is 0 Å². The van der Waals surface area contributed by atoms with Gasteiger partial charge < -0.3 is 15.4 Å². The van der Waals surface area contributed by atoms with Crippen LogP contribution >= 0.6 is 0 Å². The highest BCUT2D eigenvalue weighted by atomic mass is 16.5. The molecule has 0 unspecified atom stereocenters. The van der Waals surface area contributed by atoms with Gasteiger partial charge in [-0.15, -0.1) is 0 Å². The van der Waals surface area contributed by atoms with Crippen molar-refractivity contribution in [2.24, 2.45) is 11.1 Å². The first-order chi connectivity index (χ1) is 7.20. The van der Waals surface area contributed by atoms with Crippen molar-refractivity contribution in [2.45, 2.75) is 38.1 Å². The van der Waals surface area contributed by atoms with Crippen LogP contribution in [0.4, 0.5) is 0 Å². The van der Waals surface area contributed by atoms with Gasteiger partial charge in [-0.1, -0.05) is 19.3 Å². The number of rotatable bonds is 0. The first-order valence-corrected chi connectivity index (χ1v) is 6.22. The second-order valence-electron chi connectivity index (χ2n) is 5.56. The highest BCUT2D eigenvalue weighted by molar-refractivity contribution is 4.97. The molecule has 3 heteroatoms. The molecule has 3 fully saturated rings. The lowest BCUT2D eigenvalue weighted by molar-refractivity contribution is -0.182. The van der Waals surface area contributed by atoms with Gasteiger partial charge in [0.1, 0.15) is 0 Å². The van der Waals surface area contributed by atoms with Crippen molar-refractivity contribution in [2.75, 3.05) is 33.4 Å². The van der Waals surface area contributed by atoms with E-state index in [4.69, 9.17) is 10.5 Å². The lowest BCUT2D eigenvalue weighted by Gasteiger charge is -2.53. The van der Waals surface area contributed by atoms with Crippen LogP contribution in [0.15, 0.2) is 0 Å². The molecule has 0 aromatic heterocycles. The third-order valence-electron chi connectivity index (χ3n) is 3.68. The quantitative estimate of drug-likeness (QED) is 0.656. The maximum absolute atomic E-state index is 5.63. The van der Waals surface area contributed by atoms with Gasteiger partial charge in [-0.3, -0.25) is 0 Å². The number of hydrogen-bond acceptors (Lipinski definition) is 3. The molecular weight excluding hydrogens is 188 g/mol. The Kier molecular flexibility index (Phi) is 3.65. The van der Waals surface area contributed by atoms with Crippen molar-refractivity contribution in [3.05, 3.63) is 0 Å². The molecule has 0 aromatic rings. The first kappa shape index (κ1) is 11.4. The lowest BCUT2D eigenvalue weighted by Crippen LogP contribution is -2.64. The predicted octanol–water partition coefficient (Wildman–Crippen LogP) is 1.23. The molecule has 15 heavy (non-hydrogen) atoms. The van der Waals surface area contributed by atoms with Crippen LogP contribution in [0, 0.1) is 5.41 Å². The minimum absolute atomic E-state index is 0.536. The van der Waals surface area contributed by atoms with Crippen molar-refractivity contribution in [1.29, 1.82) is 0 Å². The molecule has 0 atom stereocenters. The lowest BCUT2D eigenvalue weighted by atomic mass is 9.79. The predicted molar refractivity (Wildman–Crippen MR) is 61.8 cm³/mol. The van der Waals surface area contributed by atoms with Gasteiger partial charge in [-0.2, -0.15) is 0 Å². The Balaban J connectivity index is 0.000000115. The van der Waals surface area contributed by atoms with Crippen molar-refractivity contribution < 1.29 is 4.74 Å². The van der Waals surface area contributed by atoms with E-state index in [1.54, 1.807) is 0 Å². The molecule has 0 amide bonds. The molecule has 2 saturated heterocycles. The van der Waals surface area contributed by atoms with Crippen LogP contribution in [0.3, 0.4) is 0 Å². The molecule has 2 heterocycles. The highest BCUT2D eigenvalue weighted by Gasteiger charge is 2.47. The highest BCUT2D eigenvalue weighted by Crippen LogP contribution is 2.35. The molecule has 3 rings (SSSR count). The van der Waals surface area contributed by atoms with E-state index >= 15 is 0 Å². The van der Waals surface area contributed by atoms with Crippen LogP contribution < -0.4 is 5.73 Å². The third-order valence-corrected chi connectivity index (χ3v) is 3.68. The fraction of sp³-hybridized carbons (Fsp3) is 1.00. The number of ether oxygens (including phenoxy) is 1. The summed E-state index contributed by atoms with van der Waals surface area (Å²) in [6.07, 6.45) is 6.66. The van der Waals surface area contributed by atoms with Crippen LogP contribution in [-0.4, -0.2) is 44.3 Å². The maximum Gasteiger partial charge on any atom is 0.0569 e. The zero-order chi connectivity index (χ0) is 10.7. The zero-order valence-electron chi connectivity index (χ0n) is 9.87. The molecule has 1 aliphatic carbocycles. The average Bonchev–Trinajstić information content (AvgIpc) is 2.12. The second kappa shape index (κ2) is 4.81. The molecule has 0 radical (unpaired) electrons. The number of nitrogens with zero attached hydrogens (tertiary/aromatic N) is 1. The summed E-state index contributed by atoms with van der Waals surface area (Å²) in [5.74, 6) is 0. The molecule has 88 valence electrons. The molecule has 1 saturated carbocycles. The van der Waals surface area contributed by atoms with E-state index in [1.165, 1.54) is 45.2 Å². The minimum Gasteiger partial charge on any atom is -0.380 e. The Hall–Kier alpha value is -0.120. The molecule has 1 spiro atoms. The van der Waals surface area contributed by atoms with Crippen LogP contribution in [0.1, 0.15) is 32.1 Å². The Bertz CT molecular complexity index is 190. The van der Waals surface area contributed by atoms with E-state index in [0.29, 0.717) is 11.5 Å². The normalized spacial score (nSPS) is 30.0. The monoisotopic (exact) mass is 212 g/mol. The Morgan fingerprint density at radius 3 is 1.93 bits per heavy atom. The van der Waals surface area contributed by atoms with E-state index in [9.17, 15) is 0 Å². The Labute approximate surface area is 93.0 Å². The molecular formula is C12H24N2O. The Morgan fingerprint density at radius 2 is 1.73 bits per heavy atom. The summed E-state index contributed by atoms with van der Waals surface area (Å²) in [5, 5.41) is 0. The van der Waals surface area contributed by atoms with E-state index in [1.807, 2.05) is 0 Å². The number of likely N-dealkylation sites (tertiary alicyclic amines) is 1. The van der Waals surface area contributed by atoms with Gasteiger partial charge in [0.05, 0.1) is 13.2 Å². The van der Waals surface area contributed by atoms with Crippen LogP contribution in [-0.2, 0) is 4.74 Å². The molecule has 2 aliphatic heterocycles. The molecule has 3 nitrogen and oxygen atoms in total. The summed E-state index contributed by atoms with van der Waals surface area (Å²) in [6.45, 7) is 4.54. The summed E-state index contributed by atoms with van der Waals surface area (Å²) >= 11 is 0. The summed E-state index contributed by atoms with van der Waals surface area (Å²) in [4.78, 5) is 2.34. The summed E-state index contributed by atoms with van der Waals surface area (Å²) in [7, 11) is 2.16. The van der Waals surface area contributed by atoms with Gasteiger partial charge in [0.25, 0.3) is 0 Å². The second-order valence-corrected chi connectivity index (χ2v) is 5.56. The summed E-state index contributed by atoms with van der Waals surface area (Å²) in [5.41, 5.74) is 6.25. The van der Waals surface area contributed by atoms with Crippen molar-refractivity contribution in [3.63, 3.8) is 0 Å². The fourth-order valence-corrected chi connectivity index (χ4v) is 2.81. The van der Waals surface area contributed by atoms with E-state index < -0.39 is 0 Å². The summed E-state index contributed by atoms with van der Waals surface area (Å²) < 4.78 is 5.10. The van der Waals surface area contributed by atoms with Gasteiger partial charge in [0.15, 0.2) is 0 Å². The molecule has 2 N–H and O–H groups in total. The number of nitrogens with two attached hydrogens (primary N) is 1. The van der Waals surface area contributed by atoms with E-state index in [2.05, 4.69) is 11.9 Å². The standard InChI is InChI=1S/C6H11NO.C6H13N/c1-7-2-6(3-7)4-8-5-6;7-6-4-2-1-3-5-6/h2-5H2,1H3;6H,1-5,7H2. The fourth-order valence-electron chi connectivity index (χ4n) is 2.81. The first-order valence-electron chi connectivity index (χ1n) is 6.22.